The molecule has 2 nitrogen and oxygen atoms in total. The molecule has 0 aliphatic carbocycles. The highest BCUT2D eigenvalue weighted by Gasteiger charge is 2.19. The molecule has 8 heavy (non-hydrogen) atoms. The molecule has 0 aromatic heterocycles. The third kappa shape index (κ3) is 6.69. The first-order valence-corrected chi connectivity index (χ1v) is 3.08. The number of amides is 1. The van der Waals surface area contributed by atoms with Crippen LogP contribution in [0.1, 0.15) is 0 Å². The van der Waals surface area contributed by atoms with Crippen molar-refractivity contribution >= 4 is 52.7 Å². The number of carbonyl (C=O) groups is 1. The molecule has 6 heteroatoms. The molecule has 0 heterocycles. The van der Waals surface area contributed by atoms with Gasteiger partial charge in [-0.15, -0.1) is 0 Å². The van der Waals surface area contributed by atoms with Crippen molar-refractivity contribution in [3.05, 3.63) is 0 Å². The van der Waals surface area contributed by atoms with Crippen molar-refractivity contribution in [2.45, 2.75) is 3.92 Å². The third-order valence-corrected chi connectivity index (χ3v) is 0.644. The first-order valence-electron chi connectivity index (χ1n) is 1.49. The van der Waals surface area contributed by atoms with Crippen LogP contribution in [-0.4, -0.2) is 9.16 Å². The minimum Gasteiger partial charge on any atom is -0.303 e. The molecular weight excluding hydrogens is 192 g/mol. The summed E-state index contributed by atoms with van der Waals surface area (Å²) in [6, 6.07) is 0. The van der Waals surface area contributed by atoms with Gasteiger partial charge in [-0.1, -0.05) is 47.4 Å². The van der Waals surface area contributed by atoms with E-state index in [9.17, 15) is 4.79 Å². The van der Waals surface area contributed by atoms with E-state index in [0.717, 1.165) is 0 Å². The van der Waals surface area contributed by atoms with Crippen LogP contribution in [0.25, 0.3) is 0 Å². The van der Waals surface area contributed by atoms with Crippen molar-refractivity contribution in [3.8, 4) is 0 Å². The van der Waals surface area contributed by atoms with Gasteiger partial charge in [-0.25, -0.2) is 0 Å². The lowest BCUT2D eigenvalue weighted by atomic mass is 11.2. The van der Waals surface area contributed by atoms with Crippen molar-refractivity contribution < 1.29 is 4.79 Å². The summed E-state index contributed by atoms with van der Waals surface area (Å²) < 4.78 is -1.74. The number of carbonyl (C=O) groups excluding carboxylic acids is 1. The van der Waals surface area contributed by atoms with Crippen molar-refractivity contribution in [2.24, 2.45) is 0 Å². The van der Waals surface area contributed by atoms with Gasteiger partial charge >= 0.3 is 0 Å². The van der Waals surface area contributed by atoms with Crippen LogP contribution in [0.3, 0.4) is 0 Å². The van der Waals surface area contributed by atoms with Crippen LogP contribution in [0.5, 0.6) is 0 Å². The van der Waals surface area contributed by atoms with Gasteiger partial charge in [0, 0.05) is 0 Å². The molecule has 1 N–H and O–H groups in total. The zero-order valence-corrected chi connectivity index (χ0v) is 6.65. The van der Waals surface area contributed by atoms with Crippen molar-refractivity contribution in [1.82, 2.24) is 5.32 Å². The average Bonchev–Trinajstić information content (AvgIpc) is 1.21. The van der Waals surface area contributed by atoms with E-state index in [0.29, 0.717) is 0 Å². The van der Waals surface area contributed by atoms with Crippen LogP contribution in [-0.2, 0) is 0 Å². The number of rotatable bonds is 0. The smallest absolute Gasteiger partial charge is 0.279 e. The van der Waals surface area contributed by atoms with E-state index in [2.05, 4.69) is 12.6 Å². The summed E-state index contributed by atoms with van der Waals surface area (Å²) in [5, 5.41) is 1.23. The normalized spacial score (nSPS) is 11.0. The lowest BCUT2D eigenvalue weighted by Crippen LogP contribution is -2.30. The molecule has 48 valence electrons. The van der Waals surface area contributed by atoms with Gasteiger partial charge < -0.3 is 5.32 Å². The Kier molecular flexibility index (Phi) is 3.27. The first-order chi connectivity index (χ1) is 3.42. The molecule has 1 amide bonds. The molecule has 0 aromatic rings. The Morgan fingerprint density at radius 1 is 1.50 bits per heavy atom. The number of alkyl halides is 3. The number of hydrogen-bond acceptors (Lipinski definition) is 1. The van der Waals surface area contributed by atoms with Crippen LogP contribution in [0.4, 0.5) is 4.79 Å². The summed E-state index contributed by atoms with van der Waals surface area (Å²) in [7, 11) is 0. The van der Waals surface area contributed by atoms with Gasteiger partial charge in [0.1, 0.15) is 0 Å². The molecular formula is C2H2Cl3NOS. The molecule has 0 spiro atoms. The Morgan fingerprint density at radius 3 is 1.88 bits per heavy atom. The molecule has 0 fully saturated rings. The Bertz CT molecular complexity index is 99.9. The Balaban J connectivity index is 3.55. The number of nitrogens with one attached hydrogen (secondary N) is 1. The molecule has 0 aliphatic rings. The molecule has 0 unspecified atom stereocenters. The van der Waals surface area contributed by atoms with Crippen molar-refractivity contribution in [1.29, 1.82) is 0 Å². The van der Waals surface area contributed by atoms with Crippen molar-refractivity contribution in [3.63, 3.8) is 0 Å². The highest BCUT2D eigenvalue weighted by Crippen LogP contribution is 2.21. The van der Waals surface area contributed by atoms with E-state index in [4.69, 9.17) is 34.8 Å². The zero-order valence-electron chi connectivity index (χ0n) is 3.49. The number of hydrogen-bond donors (Lipinski definition) is 2. The predicted octanol–water partition coefficient (Wildman–Crippen LogP) is 1.95. The van der Waals surface area contributed by atoms with Gasteiger partial charge in [0.05, 0.1) is 0 Å². The lowest BCUT2D eigenvalue weighted by molar-refractivity contribution is 0.261. The molecule has 0 radical (unpaired) electrons. The van der Waals surface area contributed by atoms with Crippen LogP contribution in [0.15, 0.2) is 0 Å². The lowest BCUT2D eigenvalue weighted by Gasteiger charge is -2.08. The summed E-state index contributed by atoms with van der Waals surface area (Å²) in [5.74, 6) is 0. The highest BCUT2D eigenvalue weighted by atomic mass is 35.6. The van der Waals surface area contributed by atoms with Gasteiger partial charge in [-0.2, -0.15) is 0 Å². The topological polar surface area (TPSA) is 29.1 Å². The predicted molar refractivity (Wildman–Crippen MR) is 37.8 cm³/mol. The second-order valence-electron chi connectivity index (χ2n) is 0.928. The summed E-state index contributed by atoms with van der Waals surface area (Å²) in [6.07, 6.45) is 0. The van der Waals surface area contributed by atoms with Gasteiger partial charge in [0.2, 0.25) is 0 Å². The van der Waals surface area contributed by atoms with Crippen LogP contribution >= 0.6 is 47.4 Å². The van der Waals surface area contributed by atoms with Gasteiger partial charge in [-0.05, 0) is 0 Å². The molecule has 0 atom stereocenters. The Morgan fingerprint density at radius 2 is 1.88 bits per heavy atom. The summed E-state index contributed by atoms with van der Waals surface area (Å²) in [6.45, 7) is 0. The second-order valence-corrected chi connectivity index (χ2v) is 3.62. The monoisotopic (exact) mass is 193 g/mol. The fraction of sp³-hybridized carbons (Fsp3) is 0.500. The molecule has 0 rings (SSSR count). The number of thiol groups is 1. The largest absolute Gasteiger partial charge is 0.303 e. The third-order valence-electron chi connectivity index (χ3n) is 0.249. The fourth-order valence-corrected chi connectivity index (χ4v) is 0.744. The maximum Gasteiger partial charge on any atom is 0.279 e. The average molecular weight is 194 g/mol. The molecule has 0 aromatic carbocycles. The van der Waals surface area contributed by atoms with E-state index >= 15 is 0 Å². The van der Waals surface area contributed by atoms with E-state index in [1.807, 2.05) is 5.32 Å². The van der Waals surface area contributed by atoms with Crippen LogP contribution in [0.2, 0.25) is 0 Å². The summed E-state index contributed by atoms with van der Waals surface area (Å²) in [5.41, 5.74) is 0. The fourth-order valence-electron chi connectivity index (χ4n) is 0.121. The molecule has 0 saturated carbocycles. The first kappa shape index (κ1) is 8.69. The molecule has 0 aliphatic heterocycles. The van der Waals surface area contributed by atoms with Gasteiger partial charge in [0.15, 0.2) is 0 Å². The van der Waals surface area contributed by atoms with Crippen LogP contribution < -0.4 is 5.32 Å². The summed E-state index contributed by atoms with van der Waals surface area (Å²) >= 11 is 18.5. The standard InChI is InChI=1S/C2H2Cl3NOS/c3-2(4,5)6-1(7)8/h(H2,6,7,8). The van der Waals surface area contributed by atoms with Gasteiger partial charge in [-0.3, -0.25) is 4.79 Å². The SMILES string of the molecule is O=C(S)NC(Cl)(Cl)Cl. The van der Waals surface area contributed by atoms with E-state index < -0.39 is 9.16 Å². The molecule has 0 saturated heterocycles. The van der Waals surface area contributed by atoms with Crippen LogP contribution in [0, 0.1) is 0 Å². The van der Waals surface area contributed by atoms with E-state index in [1.54, 1.807) is 0 Å². The van der Waals surface area contributed by atoms with Gasteiger partial charge in [0.25, 0.3) is 9.16 Å². The van der Waals surface area contributed by atoms with E-state index in [-0.39, 0.29) is 0 Å². The Labute approximate surface area is 66.9 Å². The quantitative estimate of drug-likeness (QED) is 0.344. The maximum atomic E-state index is 9.96. The zero-order chi connectivity index (χ0) is 6.78. The maximum absolute atomic E-state index is 9.96. The van der Waals surface area contributed by atoms with E-state index in [1.165, 1.54) is 0 Å². The second kappa shape index (κ2) is 3.01. The highest BCUT2D eigenvalue weighted by molar-refractivity contribution is 7.96. The molecule has 0 bridgehead atoms. The summed E-state index contributed by atoms with van der Waals surface area (Å²) in [4.78, 5) is 9.96. The Hall–Kier alpha value is 0.690. The van der Waals surface area contributed by atoms with Crippen molar-refractivity contribution in [2.75, 3.05) is 0 Å². The minimum atomic E-state index is -1.74. The number of halogens is 3. The minimum absolute atomic E-state index is 0.676.